The number of methoxy groups -OCH3 is 1. The lowest BCUT2D eigenvalue weighted by molar-refractivity contribution is -0.147. The van der Waals surface area contributed by atoms with E-state index in [1.54, 1.807) is 18.7 Å². The van der Waals surface area contributed by atoms with Crippen molar-refractivity contribution in [1.29, 1.82) is 0 Å². The number of likely N-dealkylation sites (N-methyl/N-ethyl adjacent to an activating group) is 1. The second kappa shape index (κ2) is 9.17. The summed E-state index contributed by atoms with van der Waals surface area (Å²) in [6.45, 7) is 5.26. The van der Waals surface area contributed by atoms with Gasteiger partial charge >= 0.3 is 12.1 Å². The number of likely N-dealkylation sites (tertiary alicyclic amines) is 1. The summed E-state index contributed by atoms with van der Waals surface area (Å²) in [7, 11) is 2.88. The lowest BCUT2D eigenvalue weighted by Crippen LogP contribution is -2.41. The monoisotopic (exact) mass is 288 g/mol. The van der Waals surface area contributed by atoms with Crippen molar-refractivity contribution in [3.8, 4) is 0 Å². The molecule has 1 fully saturated rings. The number of hydrogen-bond donors (Lipinski definition) is 1. The van der Waals surface area contributed by atoms with Gasteiger partial charge in [-0.3, -0.25) is 4.79 Å². The molecule has 1 rings (SSSR count). The Morgan fingerprint density at radius 2 is 1.80 bits per heavy atom. The second-order valence-corrected chi connectivity index (χ2v) is 4.96. The van der Waals surface area contributed by atoms with E-state index in [0.29, 0.717) is 6.41 Å². The first kappa shape index (κ1) is 18.2. The van der Waals surface area contributed by atoms with Crippen LogP contribution in [0.3, 0.4) is 0 Å². The number of hydrogen-bond acceptors (Lipinski definition) is 4. The van der Waals surface area contributed by atoms with Crippen LogP contribution in [-0.4, -0.2) is 66.7 Å². The molecule has 0 aliphatic carbocycles. The molecule has 0 bridgehead atoms. The number of carboxylic acid groups (broad SMARTS) is 1. The van der Waals surface area contributed by atoms with E-state index in [4.69, 9.17) is 5.11 Å². The van der Waals surface area contributed by atoms with Crippen molar-refractivity contribution in [3.05, 3.63) is 0 Å². The standard InChI is InChI=1S/C7H13NO3.C6H11NO2/c1-5(2)6(7(10)11)8(3)4-9;1-9-6(8)7-4-2-3-5-7/h4-6H,1-3H3,(H,10,11);2-5H2,1H3. The number of amides is 2. The molecule has 1 atom stereocenters. The van der Waals surface area contributed by atoms with Crippen LogP contribution in [0.15, 0.2) is 0 Å². The maximum absolute atomic E-state index is 10.7. The van der Waals surface area contributed by atoms with Crippen molar-refractivity contribution >= 4 is 18.5 Å². The average molecular weight is 288 g/mol. The molecule has 0 saturated carbocycles. The van der Waals surface area contributed by atoms with Gasteiger partial charge in [0.15, 0.2) is 0 Å². The number of carbonyl (C=O) groups excluding carboxylic acids is 2. The molecule has 1 N–H and O–H groups in total. The maximum Gasteiger partial charge on any atom is 0.409 e. The summed E-state index contributed by atoms with van der Waals surface area (Å²) in [5, 5.41) is 8.64. The fraction of sp³-hybridized carbons (Fsp3) is 0.769. The Bertz CT molecular complexity index is 327. The summed E-state index contributed by atoms with van der Waals surface area (Å²) in [5.74, 6) is -1.03. The third-order valence-electron chi connectivity index (χ3n) is 3.03. The first-order chi connectivity index (χ1) is 9.34. The van der Waals surface area contributed by atoms with Crippen molar-refractivity contribution in [2.45, 2.75) is 32.7 Å². The quantitative estimate of drug-likeness (QED) is 0.781. The van der Waals surface area contributed by atoms with E-state index < -0.39 is 12.0 Å². The Kier molecular flexibility index (Phi) is 8.35. The molecule has 7 nitrogen and oxygen atoms in total. The van der Waals surface area contributed by atoms with Crippen LogP contribution in [0.2, 0.25) is 0 Å². The smallest absolute Gasteiger partial charge is 0.409 e. The minimum Gasteiger partial charge on any atom is -0.480 e. The van der Waals surface area contributed by atoms with Crippen LogP contribution in [0, 0.1) is 5.92 Å². The first-order valence-corrected chi connectivity index (χ1v) is 6.58. The largest absolute Gasteiger partial charge is 0.480 e. The SMILES string of the molecule is CC(C)C(C(=O)O)N(C)C=O.COC(=O)N1CCCC1. The molecule has 0 aromatic rings. The highest BCUT2D eigenvalue weighted by molar-refractivity contribution is 5.76. The highest BCUT2D eigenvalue weighted by atomic mass is 16.5. The molecule has 7 heteroatoms. The van der Waals surface area contributed by atoms with E-state index in [0.717, 1.165) is 30.8 Å². The zero-order chi connectivity index (χ0) is 15.7. The summed E-state index contributed by atoms with van der Waals surface area (Å²) < 4.78 is 4.52. The second-order valence-electron chi connectivity index (χ2n) is 4.96. The zero-order valence-corrected chi connectivity index (χ0v) is 12.5. The van der Waals surface area contributed by atoms with Gasteiger partial charge < -0.3 is 19.6 Å². The van der Waals surface area contributed by atoms with E-state index in [1.165, 1.54) is 14.2 Å². The summed E-state index contributed by atoms with van der Waals surface area (Å²) in [6.07, 6.45) is 2.58. The third kappa shape index (κ3) is 5.90. The van der Waals surface area contributed by atoms with Gasteiger partial charge in [0.1, 0.15) is 6.04 Å². The van der Waals surface area contributed by atoms with Crippen molar-refractivity contribution in [2.24, 2.45) is 5.92 Å². The van der Waals surface area contributed by atoms with Gasteiger partial charge in [0, 0.05) is 20.1 Å². The lowest BCUT2D eigenvalue weighted by Gasteiger charge is -2.23. The maximum atomic E-state index is 10.7. The fourth-order valence-electron chi connectivity index (χ4n) is 2.02. The third-order valence-corrected chi connectivity index (χ3v) is 3.03. The predicted molar refractivity (Wildman–Crippen MR) is 73.3 cm³/mol. The Morgan fingerprint density at radius 1 is 1.30 bits per heavy atom. The van der Waals surface area contributed by atoms with Crippen LogP contribution >= 0.6 is 0 Å². The molecule has 116 valence electrons. The molecule has 1 heterocycles. The fourth-order valence-corrected chi connectivity index (χ4v) is 2.02. The Balaban J connectivity index is 0.000000367. The number of aliphatic carboxylic acids is 1. The average Bonchev–Trinajstić information content (AvgIpc) is 2.91. The van der Waals surface area contributed by atoms with E-state index in [1.807, 2.05) is 0 Å². The van der Waals surface area contributed by atoms with E-state index in [2.05, 4.69) is 4.74 Å². The van der Waals surface area contributed by atoms with Gasteiger partial charge in [-0.25, -0.2) is 9.59 Å². The topological polar surface area (TPSA) is 87.1 Å². The van der Waals surface area contributed by atoms with Crippen LogP contribution in [0.4, 0.5) is 4.79 Å². The van der Waals surface area contributed by atoms with Crippen molar-refractivity contribution in [2.75, 3.05) is 27.2 Å². The zero-order valence-electron chi connectivity index (χ0n) is 12.5. The minimum atomic E-state index is -0.963. The molecule has 20 heavy (non-hydrogen) atoms. The molecule has 1 saturated heterocycles. The molecule has 1 unspecified atom stereocenters. The normalized spacial score (nSPS) is 15.2. The summed E-state index contributed by atoms with van der Waals surface area (Å²) in [4.78, 5) is 34.4. The number of carboxylic acids is 1. The van der Waals surface area contributed by atoms with E-state index >= 15 is 0 Å². The summed E-state index contributed by atoms with van der Waals surface area (Å²) >= 11 is 0. The summed E-state index contributed by atoms with van der Waals surface area (Å²) in [5.41, 5.74) is 0. The van der Waals surface area contributed by atoms with Crippen LogP contribution in [0.5, 0.6) is 0 Å². The molecule has 2 amide bonds. The van der Waals surface area contributed by atoms with E-state index in [-0.39, 0.29) is 12.0 Å². The Morgan fingerprint density at radius 3 is 2.05 bits per heavy atom. The van der Waals surface area contributed by atoms with Gasteiger partial charge in [-0.2, -0.15) is 0 Å². The molecule has 1 aliphatic rings. The number of carbonyl (C=O) groups is 3. The van der Waals surface area contributed by atoms with E-state index in [9.17, 15) is 14.4 Å². The minimum absolute atomic E-state index is 0.0669. The van der Waals surface area contributed by atoms with Gasteiger partial charge in [-0.15, -0.1) is 0 Å². The van der Waals surface area contributed by atoms with Crippen molar-refractivity contribution in [1.82, 2.24) is 9.80 Å². The first-order valence-electron chi connectivity index (χ1n) is 6.58. The number of rotatable bonds is 4. The van der Waals surface area contributed by atoms with Gasteiger partial charge in [-0.05, 0) is 18.8 Å². The number of nitrogens with zero attached hydrogens (tertiary/aromatic N) is 2. The molecule has 0 spiro atoms. The van der Waals surface area contributed by atoms with Gasteiger partial charge in [0.05, 0.1) is 7.11 Å². The van der Waals surface area contributed by atoms with Gasteiger partial charge in [0.2, 0.25) is 6.41 Å². The molecular weight excluding hydrogens is 264 g/mol. The lowest BCUT2D eigenvalue weighted by atomic mass is 10.0. The van der Waals surface area contributed by atoms with Gasteiger partial charge in [-0.1, -0.05) is 13.8 Å². The molecule has 0 aromatic carbocycles. The summed E-state index contributed by atoms with van der Waals surface area (Å²) in [6, 6.07) is -0.715. The van der Waals surface area contributed by atoms with Gasteiger partial charge in [0.25, 0.3) is 0 Å². The molecule has 0 radical (unpaired) electrons. The van der Waals surface area contributed by atoms with Crippen molar-refractivity contribution in [3.63, 3.8) is 0 Å². The van der Waals surface area contributed by atoms with Crippen LogP contribution in [0.25, 0.3) is 0 Å². The van der Waals surface area contributed by atoms with Crippen LogP contribution in [-0.2, 0) is 14.3 Å². The predicted octanol–water partition coefficient (Wildman–Crippen LogP) is 1.03. The highest BCUT2D eigenvalue weighted by Gasteiger charge is 2.24. The Hall–Kier alpha value is -1.79. The van der Waals surface area contributed by atoms with Crippen LogP contribution in [0.1, 0.15) is 26.7 Å². The number of ether oxygens (including phenoxy) is 1. The molecular formula is C13H24N2O5. The van der Waals surface area contributed by atoms with Crippen molar-refractivity contribution < 1.29 is 24.2 Å². The Labute approximate surface area is 119 Å². The molecule has 0 aromatic heterocycles. The highest BCUT2D eigenvalue weighted by Crippen LogP contribution is 2.08. The molecule has 1 aliphatic heterocycles. The van der Waals surface area contributed by atoms with Crippen LogP contribution < -0.4 is 0 Å².